The third kappa shape index (κ3) is 4.16. The third-order valence-corrected chi connectivity index (χ3v) is 6.65. The smallest absolute Gasteiger partial charge is 0.174 e. The van der Waals surface area contributed by atoms with Gasteiger partial charge in [-0.25, -0.2) is 0 Å². The van der Waals surface area contributed by atoms with Crippen molar-refractivity contribution in [2.24, 2.45) is 0 Å². The summed E-state index contributed by atoms with van der Waals surface area (Å²) in [5.74, 6) is 1.43. The fourth-order valence-corrected chi connectivity index (χ4v) is 5.11. The fourth-order valence-electron chi connectivity index (χ4n) is 4.77. The van der Waals surface area contributed by atoms with E-state index in [4.69, 9.17) is 26.4 Å². The minimum Gasteiger partial charge on any atom is -0.497 e. The Bertz CT molecular complexity index is 1110. The number of pyridine rings is 1. The first-order chi connectivity index (χ1) is 16.2. The number of ether oxygens (including phenoxy) is 3. The molecule has 2 saturated heterocycles. The standard InChI is InChI=1S/C25H28N4O3S/c1-30-17-10-11-20(22(15-17)31-2)29-24(23(27-25(29)33)19-8-3-4-12-26-19)21-9-5-13-28(21)16-18-7-6-14-32-18/h3-5,8-13,15,18,23-24H,6-7,14,16H2,1-2H3,(H,27,33)/t18-,23+,24+/m0/s1. The highest BCUT2D eigenvalue weighted by atomic mass is 32.1. The van der Waals surface area contributed by atoms with Crippen molar-refractivity contribution in [3.8, 4) is 11.5 Å². The minimum atomic E-state index is -0.122. The molecular formula is C25H28N4O3S. The maximum Gasteiger partial charge on any atom is 0.174 e. The number of rotatable bonds is 7. The third-order valence-electron chi connectivity index (χ3n) is 6.34. The van der Waals surface area contributed by atoms with Crippen molar-refractivity contribution in [1.29, 1.82) is 0 Å². The number of hydrogen-bond donors (Lipinski definition) is 1. The molecule has 2 aliphatic heterocycles. The minimum absolute atomic E-state index is 0.119. The Labute approximate surface area is 199 Å². The molecule has 1 N–H and O–H groups in total. The van der Waals surface area contributed by atoms with Gasteiger partial charge in [-0.1, -0.05) is 6.07 Å². The number of methoxy groups -OCH3 is 2. The molecule has 0 saturated carbocycles. The molecule has 5 rings (SSSR count). The van der Waals surface area contributed by atoms with Crippen LogP contribution in [0, 0.1) is 0 Å². The van der Waals surface area contributed by atoms with E-state index >= 15 is 0 Å². The predicted molar refractivity (Wildman–Crippen MR) is 131 cm³/mol. The quantitative estimate of drug-likeness (QED) is 0.525. The van der Waals surface area contributed by atoms with Gasteiger partial charge >= 0.3 is 0 Å². The first kappa shape index (κ1) is 21.7. The molecule has 7 nitrogen and oxygen atoms in total. The molecule has 0 aliphatic carbocycles. The van der Waals surface area contributed by atoms with Crippen molar-refractivity contribution in [3.05, 3.63) is 72.3 Å². The summed E-state index contributed by atoms with van der Waals surface area (Å²) in [6.07, 6.45) is 6.37. The Morgan fingerprint density at radius 2 is 2.06 bits per heavy atom. The number of benzene rings is 1. The maximum atomic E-state index is 5.93. The Morgan fingerprint density at radius 3 is 2.79 bits per heavy atom. The number of nitrogens with one attached hydrogen (secondary N) is 1. The lowest BCUT2D eigenvalue weighted by atomic mass is 10.0. The van der Waals surface area contributed by atoms with Gasteiger partial charge in [0, 0.05) is 37.3 Å². The summed E-state index contributed by atoms with van der Waals surface area (Å²) in [6, 6.07) is 15.8. The number of anilines is 1. The van der Waals surface area contributed by atoms with Crippen molar-refractivity contribution >= 4 is 23.0 Å². The van der Waals surface area contributed by atoms with Crippen LogP contribution in [0.4, 0.5) is 5.69 Å². The lowest BCUT2D eigenvalue weighted by Gasteiger charge is -2.30. The van der Waals surface area contributed by atoms with Gasteiger partial charge in [-0.15, -0.1) is 0 Å². The van der Waals surface area contributed by atoms with Gasteiger partial charge < -0.3 is 29.0 Å². The monoisotopic (exact) mass is 464 g/mol. The second-order valence-corrected chi connectivity index (χ2v) is 8.64. The Balaban J connectivity index is 1.60. The highest BCUT2D eigenvalue weighted by molar-refractivity contribution is 7.80. The SMILES string of the molecule is COc1ccc(N2C(=S)N[C@H](c3ccccn3)[C@H]2c2cccn2C[C@@H]2CCCO2)c(OC)c1. The van der Waals surface area contributed by atoms with E-state index in [1.54, 1.807) is 14.2 Å². The van der Waals surface area contributed by atoms with Crippen molar-refractivity contribution in [3.63, 3.8) is 0 Å². The summed E-state index contributed by atoms with van der Waals surface area (Å²) in [6.45, 7) is 1.65. The first-order valence-electron chi connectivity index (χ1n) is 11.2. The molecule has 33 heavy (non-hydrogen) atoms. The summed E-state index contributed by atoms with van der Waals surface area (Å²) in [7, 11) is 3.31. The van der Waals surface area contributed by atoms with E-state index in [0.717, 1.165) is 48.8 Å². The molecule has 8 heteroatoms. The molecule has 2 aromatic heterocycles. The average Bonchev–Trinajstić information content (AvgIpc) is 3.60. The van der Waals surface area contributed by atoms with Crippen molar-refractivity contribution < 1.29 is 14.2 Å². The van der Waals surface area contributed by atoms with Gasteiger partial charge in [0.05, 0.1) is 37.7 Å². The van der Waals surface area contributed by atoms with Gasteiger partial charge in [0.2, 0.25) is 0 Å². The summed E-state index contributed by atoms with van der Waals surface area (Å²) in [5, 5.41) is 4.15. The largest absolute Gasteiger partial charge is 0.497 e. The highest BCUT2D eigenvalue weighted by Crippen LogP contribution is 2.45. The topological polar surface area (TPSA) is 60.8 Å². The van der Waals surface area contributed by atoms with Gasteiger partial charge in [0.1, 0.15) is 17.5 Å². The lowest BCUT2D eigenvalue weighted by Crippen LogP contribution is -2.31. The summed E-state index contributed by atoms with van der Waals surface area (Å²) >= 11 is 5.87. The molecule has 1 aromatic carbocycles. The van der Waals surface area contributed by atoms with E-state index in [1.807, 2.05) is 42.6 Å². The zero-order chi connectivity index (χ0) is 22.8. The summed E-state index contributed by atoms with van der Waals surface area (Å²) in [5.41, 5.74) is 2.96. The van der Waals surface area contributed by atoms with Gasteiger partial charge in [0.15, 0.2) is 5.11 Å². The van der Waals surface area contributed by atoms with Crippen molar-refractivity contribution in [2.45, 2.75) is 37.6 Å². The maximum absolute atomic E-state index is 5.93. The zero-order valence-electron chi connectivity index (χ0n) is 18.8. The van der Waals surface area contributed by atoms with E-state index in [-0.39, 0.29) is 18.2 Å². The molecule has 4 heterocycles. The molecule has 3 aromatic rings. The second kappa shape index (κ2) is 9.41. The van der Waals surface area contributed by atoms with Gasteiger partial charge in [-0.2, -0.15) is 0 Å². The van der Waals surface area contributed by atoms with E-state index in [0.29, 0.717) is 10.9 Å². The highest BCUT2D eigenvalue weighted by Gasteiger charge is 2.43. The molecule has 0 spiro atoms. The fraction of sp³-hybridized carbons (Fsp3) is 0.360. The molecule has 0 amide bonds. The van der Waals surface area contributed by atoms with Crippen LogP contribution in [0.15, 0.2) is 60.9 Å². The van der Waals surface area contributed by atoms with Crippen LogP contribution in [-0.2, 0) is 11.3 Å². The van der Waals surface area contributed by atoms with Crippen LogP contribution < -0.4 is 19.7 Å². The van der Waals surface area contributed by atoms with Crippen molar-refractivity contribution in [1.82, 2.24) is 14.9 Å². The molecule has 172 valence electrons. The number of aromatic nitrogens is 2. The Kier molecular flexibility index (Phi) is 6.20. The molecular weight excluding hydrogens is 436 g/mol. The molecule has 0 unspecified atom stereocenters. The van der Waals surface area contributed by atoms with Gasteiger partial charge in [-0.05, 0) is 61.5 Å². The van der Waals surface area contributed by atoms with Crippen LogP contribution in [0.25, 0.3) is 0 Å². The summed E-state index contributed by atoms with van der Waals surface area (Å²) in [4.78, 5) is 6.79. The van der Waals surface area contributed by atoms with Gasteiger partial charge in [-0.3, -0.25) is 4.98 Å². The number of nitrogens with zero attached hydrogens (tertiary/aromatic N) is 3. The van der Waals surface area contributed by atoms with E-state index in [1.165, 1.54) is 0 Å². The predicted octanol–water partition coefficient (Wildman–Crippen LogP) is 4.26. The van der Waals surface area contributed by atoms with E-state index in [2.05, 4.69) is 38.1 Å². The number of thiocarbonyl (C=S) groups is 1. The Morgan fingerprint density at radius 1 is 1.15 bits per heavy atom. The van der Waals surface area contributed by atoms with E-state index in [9.17, 15) is 0 Å². The van der Waals surface area contributed by atoms with Crippen LogP contribution in [0.3, 0.4) is 0 Å². The molecule has 2 fully saturated rings. The molecule has 3 atom stereocenters. The lowest BCUT2D eigenvalue weighted by molar-refractivity contribution is 0.0961. The van der Waals surface area contributed by atoms with Crippen LogP contribution in [0.5, 0.6) is 11.5 Å². The zero-order valence-corrected chi connectivity index (χ0v) is 19.6. The molecule has 0 radical (unpaired) electrons. The number of hydrogen-bond acceptors (Lipinski definition) is 5. The van der Waals surface area contributed by atoms with Gasteiger partial charge in [0.25, 0.3) is 0 Å². The van der Waals surface area contributed by atoms with Crippen LogP contribution in [0.2, 0.25) is 0 Å². The molecule has 2 aliphatic rings. The second-order valence-electron chi connectivity index (χ2n) is 8.25. The average molecular weight is 465 g/mol. The van der Waals surface area contributed by atoms with Crippen molar-refractivity contribution in [2.75, 3.05) is 25.7 Å². The van der Waals surface area contributed by atoms with Crippen LogP contribution in [0.1, 0.15) is 36.3 Å². The summed E-state index contributed by atoms with van der Waals surface area (Å²) < 4.78 is 19.4. The molecule has 0 bridgehead atoms. The first-order valence-corrected chi connectivity index (χ1v) is 11.6. The van der Waals surface area contributed by atoms with E-state index < -0.39 is 0 Å². The normalized spacial score (nSPS) is 22.4. The van der Waals surface area contributed by atoms with Crippen LogP contribution in [-0.4, -0.2) is 41.6 Å². The van der Waals surface area contributed by atoms with Crippen LogP contribution >= 0.6 is 12.2 Å². The Hall–Kier alpha value is -3.10.